The zero-order valence-electron chi connectivity index (χ0n) is 12.3. The summed E-state index contributed by atoms with van der Waals surface area (Å²) in [7, 11) is 0. The third-order valence-corrected chi connectivity index (χ3v) is 6.47. The topological polar surface area (TPSA) is 0 Å². The van der Waals surface area contributed by atoms with Gasteiger partial charge in [-0.3, -0.25) is 0 Å². The van der Waals surface area contributed by atoms with E-state index < -0.39 is 0 Å². The van der Waals surface area contributed by atoms with Gasteiger partial charge < -0.3 is 0 Å². The second-order valence-electron chi connectivity index (χ2n) is 5.63. The minimum atomic E-state index is -0.0447. The van der Waals surface area contributed by atoms with Crippen molar-refractivity contribution < 1.29 is 0 Å². The van der Waals surface area contributed by atoms with Gasteiger partial charge in [0.2, 0.25) is 0 Å². The van der Waals surface area contributed by atoms with Gasteiger partial charge in [0.05, 0.1) is 0 Å². The van der Waals surface area contributed by atoms with E-state index >= 15 is 0 Å². The number of hydrogen-bond acceptors (Lipinski definition) is 0. The lowest BCUT2D eigenvalue weighted by atomic mass is 9.78. The average Bonchev–Trinajstić information content (AvgIpc) is 2.49. The summed E-state index contributed by atoms with van der Waals surface area (Å²) in [6, 6.07) is 14.8. The van der Waals surface area contributed by atoms with Crippen LogP contribution >= 0.6 is 43.5 Å². The smallest absolute Gasteiger partial charge is 0.0444 e. The van der Waals surface area contributed by atoms with Crippen LogP contribution in [0.15, 0.2) is 42.5 Å². The van der Waals surface area contributed by atoms with Gasteiger partial charge in [0.1, 0.15) is 0 Å². The lowest BCUT2D eigenvalue weighted by Gasteiger charge is -2.32. The van der Waals surface area contributed by atoms with Gasteiger partial charge in [-0.15, -0.1) is 0 Å². The first-order valence-electron chi connectivity index (χ1n) is 6.95. The van der Waals surface area contributed by atoms with Gasteiger partial charge in [-0.2, -0.15) is 0 Å². The molecule has 0 spiro atoms. The van der Waals surface area contributed by atoms with Crippen LogP contribution in [0.5, 0.6) is 0 Å². The fourth-order valence-electron chi connectivity index (χ4n) is 2.62. The molecule has 0 aromatic heterocycles. The van der Waals surface area contributed by atoms with Crippen LogP contribution in [0.3, 0.4) is 0 Å². The Labute approximate surface area is 149 Å². The molecule has 0 bridgehead atoms. The number of rotatable bonds is 5. The number of benzene rings is 2. The predicted octanol–water partition coefficient (Wildman–Crippen LogP) is 6.23. The standard InChI is InChI=1S/C18H19Br2Cl/c1-13-7-8-14(2)15(9-13)10-18(11-19,12-20)16-5-3-4-6-17(16)21/h3-9H,10-12H2,1-2H3. The van der Waals surface area contributed by atoms with Gasteiger partial charge in [-0.25, -0.2) is 0 Å². The molecule has 2 aromatic carbocycles. The minimum Gasteiger partial charge on any atom is -0.0918 e. The molecule has 0 atom stereocenters. The number of alkyl halides is 2. The van der Waals surface area contributed by atoms with Crippen LogP contribution in [-0.2, 0) is 11.8 Å². The summed E-state index contributed by atoms with van der Waals surface area (Å²) in [6.45, 7) is 4.32. The van der Waals surface area contributed by atoms with E-state index in [1.807, 2.05) is 12.1 Å². The maximum atomic E-state index is 6.46. The Morgan fingerprint density at radius 2 is 1.67 bits per heavy atom. The Morgan fingerprint density at radius 3 is 2.29 bits per heavy atom. The van der Waals surface area contributed by atoms with E-state index in [0.717, 1.165) is 22.1 Å². The molecule has 0 radical (unpaired) electrons. The average molecular weight is 431 g/mol. The fourth-order valence-corrected chi connectivity index (χ4v) is 4.88. The molecule has 0 aliphatic heterocycles. The van der Waals surface area contributed by atoms with Crippen LogP contribution in [0, 0.1) is 13.8 Å². The highest BCUT2D eigenvalue weighted by Gasteiger charge is 2.32. The van der Waals surface area contributed by atoms with Gasteiger partial charge in [0, 0.05) is 21.1 Å². The largest absolute Gasteiger partial charge is 0.0918 e. The van der Waals surface area contributed by atoms with Gasteiger partial charge in [-0.05, 0) is 43.0 Å². The van der Waals surface area contributed by atoms with Crippen LogP contribution in [0.1, 0.15) is 22.3 Å². The van der Waals surface area contributed by atoms with Gasteiger partial charge in [0.25, 0.3) is 0 Å². The van der Waals surface area contributed by atoms with Crippen molar-refractivity contribution in [3.8, 4) is 0 Å². The highest BCUT2D eigenvalue weighted by atomic mass is 79.9. The summed E-state index contributed by atoms with van der Waals surface area (Å²) >= 11 is 13.9. The van der Waals surface area contributed by atoms with E-state index in [1.165, 1.54) is 22.3 Å². The molecule has 0 aliphatic carbocycles. The molecule has 0 aliphatic rings. The molecular weight excluding hydrogens is 411 g/mol. The summed E-state index contributed by atoms with van der Waals surface area (Å²) in [5, 5.41) is 2.56. The normalized spacial score (nSPS) is 11.7. The van der Waals surface area contributed by atoms with E-state index in [1.54, 1.807) is 0 Å². The molecule has 2 rings (SSSR count). The van der Waals surface area contributed by atoms with Crippen molar-refractivity contribution in [3.63, 3.8) is 0 Å². The highest BCUT2D eigenvalue weighted by molar-refractivity contribution is 9.09. The SMILES string of the molecule is Cc1ccc(C)c(CC(CBr)(CBr)c2ccccc2Cl)c1. The molecule has 0 amide bonds. The van der Waals surface area contributed by atoms with Crippen molar-refractivity contribution in [2.24, 2.45) is 0 Å². The molecule has 0 heterocycles. The Bertz CT molecular complexity index is 618. The molecule has 21 heavy (non-hydrogen) atoms. The second kappa shape index (κ2) is 7.30. The van der Waals surface area contributed by atoms with Crippen molar-refractivity contribution >= 4 is 43.5 Å². The molecule has 0 unspecified atom stereocenters. The molecule has 0 nitrogen and oxygen atoms in total. The third-order valence-electron chi connectivity index (χ3n) is 3.99. The zero-order valence-corrected chi connectivity index (χ0v) is 16.2. The van der Waals surface area contributed by atoms with Gasteiger partial charge >= 0.3 is 0 Å². The molecule has 2 aromatic rings. The quantitative estimate of drug-likeness (QED) is 0.494. The number of hydrogen-bond donors (Lipinski definition) is 0. The Hall–Kier alpha value is -0.310. The predicted molar refractivity (Wildman–Crippen MR) is 100 cm³/mol. The van der Waals surface area contributed by atoms with E-state index in [2.05, 4.69) is 76.0 Å². The number of aryl methyl sites for hydroxylation is 2. The van der Waals surface area contributed by atoms with E-state index in [0.29, 0.717) is 0 Å². The zero-order chi connectivity index (χ0) is 15.5. The summed E-state index contributed by atoms with van der Waals surface area (Å²) < 4.78 is 0. The summed E-state index contributed by atoms with van der Waals surface area (Å²) in [6.07, 6.45) is 0.959. The van der Waals surface area contributed by atoms with E-state index in [-0.39, 0.29) is 5.41 Å². The van der Waals surface area contributed by atoms with Crippen molar-refractivity contribution in [3.05, 3.63) is 69.7 Å². The van der Waals surface area contributed by atoms with Gasteiger partial charge in [0.15, 0.2) is 0 Å². The highest BCUT2D eigenvalue weighted by Crippen LogP contribution is 2.37. The van der Waals surface area contributed by atoms with Crippen LogP contribution in [-0.4, -0.2) is 10.7 Å². The van der Waals surface area contributed by atoms with Crippen molar-refractivity contribution in [1.82, 2.24) is 0 Å². The fraction of sp³-hybridized carbons (Fsp3) is 0.333. The molecule has 0 fully saturated rings. The monoisotopic (exact) mass is 428 g/mol. The van der Waals surface area contributed by atoms with Crippen LogP contribution < -0.4 is 0 Å². The summed E-state index contributed by atoms with van der Waals surface area (Å²) in [5.74, 6) is 0. The van der Waals surface area contributed by atoms with Crippen molar-refractivity contribution in [2.45, 2.75) is 25.7 Å². The molecule has 3 heteroatoms. The van der Waals surface area contributed by atoms with Crippen LogP contribution in [0.4, 0.5) is 0 Å². The second-order valence-corrected chi connectivity index (χ2v) is 7.16. The van der Waals surface area contributed by atoms with Crippen molar-refractivity contribution in [1.29, 1.82) is 0 Å². The molecule has 0 N–H and O–H groups in total. The summed E-state index contributed by atoms with van der Waals surface area (Å²) in [4.78, 5) is 0. The first-order valence-corrected chi connectivity index (χ1v) is 9.57. The third kappa shape index (κ3) is 3.72. The Kier molecular flexibility index (Phi) is 5.93. The lowest BCUT2D eigenvalue weighted by molar-refractivity contribution is 0.549. The van der Waals surface area contributed by atoms with Crippen LogP contribution in [0.25, 0.3) is 0 Å². The maximum absolute atomic E-state index is 6.46. The molecular formula is C18H19Br2Cl. The van der Waals surface area contributed by atoms with Crippen LogP contribution in [0.2, 0.25) is 5.02 Å². The maximum Gasteiger partial charge on any atom is 0.0444 e. The molecule has 112 valence electrons. The first kappa shape index (κ1) is 17.1. The number of halogens is 3. The summed E-state index contributed by atoms with van der Waals surface area (Å²) in [5.41, 5.74) is 5.17. The first-order chi connectivity index (χ1) is 10.0. The molecule has 0 saturated carbocycles. The lowest BCUT2D eigenvalue weighted by Crippen LogP contribution is -2.33. The Morgan fingerprint density at radius 1 is 1.00 bits per heavy atom. The minimum absolute atomic E-state index is 0.0447. The Balaban J connectivity index is 2.48. The van der Waals surface area contributed by atoms with Crippen molar-refractivity contribution in [2.75, 3.05) is 10.7 Å². The van der Waals surface area contributed by atoms with E-state index in [9.17, 15) is 0 Å². The van der Waals surface area contributed by atoms with E-state index in [4.69, 9.17) is 11.6 Å². The molecule has 0 saturated heterocycles. The van der Waals surface area contributed by atoms with Gasteiger partial charge in [-0.1, -0.05) is 85.4 Å².